The zero-order valence-corrected chi connectivity index (χ0v) is 19.3. The van der Waals surface area contributed by atoms with Gasteiger partial charge in [0, 0.05) is 30.2 Å². The average Bonchev–Trinajstić information content (AvgIpc) is 3.57. The lowest BCUT2D eigenvalue weighted by Crippen LogP contribution is -2.18. The molecule has 0 aliphatic carbocycles. The van der Waals surface area contributed by atoms with Gasteiger partial charge in [-0.3, -0.25) is 9.59 Å². The summed E-state index contributed by atoms with van der Waals surface area (Å²) in [6.07, 6.45) is 0.350. The Bertz CT molecular complexity index is 1400. The van der Waals surface area contributed by atoms with Crippen molar-refractivity contribution >= 4 is 23.2 Å². The molecule has 0 fully saturated rings. The summed E-state index contributed by atoms with van der Waals surface area (Å²) in [5.41, 5.74) is 2.04. The Labute approximate surface area is 206 Å². The lowest BCUT2D eigenvalue weighted by atomic mass is 10.1. The molecule has 0 spiro atoms. The number of nitrogens with one attached hydrogen (secondary N) is 2. The highest BCUT2D eigenvalue weighted by atomic mass is 16.7. The number of nitrogens with zero attached hydrogens (tertiary/aromatic N) is 2. The van der Waals surface area contributed by atoms with Crippen LogP contribution in [0.1, 0.15) is 22.7 Å². The summed E-state index contributed by atoms with van der Waals surface area (Å²) in [6, 6.07) is 19.2. The summed E-state index contributed by atoms with van der Waals surface area (Å²) >= 11 is 0. The summed E-state index contributed by atoms with van der Waals surface area (Å²) in [7, 11) is 1.59. The number of para-hydroxylation sites is 1. The lowest BCUT2D eigenvalue weighted by molar-refractivity contribution is -0.116. The molecule has 0 saturated carbocycles. The third-order valence-electron chi connectivity index (χ3n) is 5.46. The van der Waals surface area contributed by atoms with E-state index in [2.05, 4.69) is 20.8 Å². The molecule has 0 radical (unpaired) electrons. The summed E-state index contributed by atoms with van der Waals surface area (Å²) < 4.78 is 21.1. The topological polar surface area (TPSA) is 125 Å². The molecule has 1 aliphatic heterocycles. The summed E-state index contributed by atoms with van der Waals surface area (Å²) in [5.74, 6) is 2.02. The van der Waals surface area contributed by atoms with E-state index >= 15 is 0 Å². The largest absolute Gasteiger partial charge is 0.497 e. The molecule has 0 bridgehead atoms. The van der Waals surface area contributed by atoms with Crippen molar-refractivity contribution in [3.8, 4) is 28.6 Å². The number of amides is 2. The van der Waals surface area contributed by atoms with Crippen molar-refractivity contribution in [1.29, 1.82) is 0 Å². The lowest BCUT2D eigenvalue weighted by Gasteiger charge is -2.11. The van der Waals surface area contributed by atoms with E-state index in [1.165, 1.54) is 0 Å². The first kappa shape index (κ1) is 22.9. The van der Waals surface area contributed by atoms with Crippen molar-refractivity contribution < 1.29 is 28.3 Å². The normalized spacial score (nSPS) is 11.7. The maximum Gasteiger partial charge on any atom is 0.257 e. The maximum atomic E-state index is 12.9. The van der Waals surface area contributed by atoms with E-state index in [9.17, 15) is 9.59 Å². The number of benzene rings is 3. The number of hydrogen-bond donors (Lipinski definition) is 2. The zero-order chi connectivity index (χ0) is 24.9. The highest BCUT2D eigenvalue weighted by Gasteiger charge is 2.17. The van der Waals surface area contributed by atoms with Crippen LogP contribution < -0.4 is 24.8 Å². The van der Waals surface area contributed by atoms with Crippen LogP contribution in [0.5, 0.6) is 17.2 Å². The fourth-order valence-electron chi connectivity index (χ4n) is 3.61. The molecule has 2 N–H and O–H groups in total. The minimum absolute atomic E-state index is 0.0996. The van der Waals surface area contributed by atoms with Crippen molar-refractivity contribution in [2.75, 3.05) is 24.5 Å². The van der Waals surface area contributed by atoms with E-state index in [0.29, 0.717) is 40.2 Å². The van der Waals surface area contributed by atoms with E-state index < -0.39 is 0 Å². The van der Waals surface area contributed by atoms with Gasteiger partial charge in [-0.05, 0) is 48.5 Å². The van der Waals surface area contributed by atoms with Crippen LogP contribution in [0.25, 0.3) is 11.4 Å². The monoisotopic (exact) mass is 486 g/mol. The predicted octanol–water partition coefficient (Wildman–Crippen LogP) is 4.30. The number of carbonyl (C=O) groups is 2. The molecule has 3 aromatic carbocycles. The number of anilines is 2. The quantitative estimate of drug-likeness (QED) is 0.378. The number of fused-ring (bicyclic) bond motifs is 1. The molecule has 2 amide bonds. The van der Waals surface area contributed by atoms with Gasteiger partial charge in [0.1, 0.15) is 5.75 Å². The predicted molar refractivity (Wildman–Crippen MR) is 130 cm³/mol. The molecule has 182 valence electrons. The fraction of sp³-hybridized carbons (Fsp3) is 0.154. The second kappa shape index (κ2) is 10.2. The molecule has 5 rings (SSSR count). The van der Waals surface area contributed by atoms with Gasteiger partial charge >= 0.3 is 0 Å². The second-order valence-electron chi connectivity index (χ2n) is 7.86. The molecule has 2 heterocycles. The van der Waals surface area contributed by atoms with Crippen LogP contribution in [0.3, 0.4) is 0 Å². The first-order chi connectivity index (χ1) is 17.6. The molecule has 0 atom stereocenters. The fourth-order valence-corrected chi connectivity index (χ4v) is 3.61. The Hall–Kier alpha value is -4.86. The molecule has 10 nitrogen and oxygen atoms in total. The van der Waals surface area contributed by atoms with Gasteiger partial charge in [0.05, 0.1) is 18.4 Å². The third kappa shape index (κ3) is 5.12. The molecule has 10 heteroatoms. The molecule has 0 saturated heterocycles. The van der Waals surface area contributed by atoms with E-state index in [1.807, 2.05) is 12.1 Å². The number of rotatable bonds is 8. The van der Waals surface area contributed by atoms with Gasteiger partial charge in [-0.2, -0.15) is 4.98 Å². The van der Waals surface area contributed by atoms with Gasteiger partial charge in [-0.1, -0.05) is 17.3 Å². The van der Waals surface area contributed by atoms with Crippen LogP contribution in [-0.4, -0.2) is 35.9 Å². The number of hydrogen-bond acceptors (Lipinski definition) is 8. The van der Waals surface area contributed by atoms with Crippen LogP contribution in [-0.2, 0) is 11.2 Å². The van der Waals surface area contributed by atoms with Crippen molar-refractivity contribution in [1.82, 2.24) is 10.1 Å². The molecule has 1 aromatic heterocycles. The minimum Gasteiger partial charge on any atom is -0.497 e. The summed E-state index contributed by atoms with van der Waals surface area (Å²) in [6.45, 7) is 0.147. The number of methoxy groups -OCH3 is 1. The van der Waals surface area contributed by atoms with Gasteiger partial charge < -0.3 is 29.4 Å². The van der Waals surface area contributed by atoms with E-state index in [-0.39, 0.29) is 31.4 Å². The first-order valence-corrected chi connectivity index (χ1v) is 11.2. The summed E-state index contributed by atoms with van der Waals surface area (Å²) in [4.78, 5) is 29.9. The van der Waals surface area contributed by atoms with Crippen LogP contribution in [0, 0.1) is 0 Å². The van der Waals surface area contributed by atoms with E-state index in [4.69, 9.17) is 18.7 Å². The van der Waals surface area contributed by atoms with Gasteiger partial charge in [0.15, 0.2) is 11.5 Å². The van der Waals surface area contributed by atoms with Gasteiger partial charge in [0.2, 0.25) is 24.4 Å². The highest BCUT2D eigenvalue weighted by Crippen LogP contribution is 2.34. The first-order valence-electron chi connectivity index (χ1n) is 11.2. The molecular weight excluding hydrogens is 464 g/mol. The maximum absolute atomic E-state index is 12.9. The van der Waals surface area contributed by atoms with E-state index in [0.717, 1.165) is 11.3 Å². The van der Waals surface area contributed by atoms with Crippen LogP contribution in [0.15, 0.2) is 71.3 Å². The molecule has 36 heavy (non-hydrogen) atoms. The average molecular weight is 486 g/mol. The van der Waals surface area contributed by atoms with Crippen molar-refractivity contribution in [2.45, 2.75) is 12.8 Å². The highest BCUT2D eigenvalue weighted by molar-refractivity contribution is 6.10. The summed E-state index contributed by atoms with van der Waals surface area (Å²) in [5, 5.41) is 9.58. The Morgan fingerprint density at radius 3 is 2.61 bits per heavy atom. The SMILES string of the molecule is COc1ccc(-c2noc(CCC(=O)Nc3ccccc3C(=O)Nc3ccc4c(c3)OCO4)n2)cc1. The van der Waals surface area contributed by atoms with Crippen LogP contribution >= 0.6 is 0 Å². The Morgan fingerprint density at radius 1 is 0.972 bits per heavy atom. The Kier molecular flexibility index (Phi) is 6.48. The number of aryl methyl sites for hydroxylation is 1. The van der Waals surface area contributed by atoms with Gasteiger partial charge in [0.25, 0.3) is 5.91 Å². The van der Waals surface area contributed by atoms with E-state index in [1.54, 1.807) is 61.7 Å². The zero-order valence-electron chi connectivity index (χ0n) is 19.3. The van der Waals surface area contributed by atoms with Gasteiger partial charge in [-0.25, -0.2) is 0 Å². The Morgan fingerprint density at radius 2 is 1.78 bits per heavy atom. The molecular formula is C26H22N4O6. The molecule has 4 aromatic rings. The number of ether oxygens (including phenoxy) is 3. The van der Waals surface area contributed by atoms with Crippen LogP contribution in [0.2, 0.25) is 0 Å². The Balaban J connectivity index is 1.19. The number of aromatic nitrogens is 2. The molecule has 0 unspecified atom stereocenters. The third-order valence-corrected chi connectivity index (χ3v) is 5.46. The standard InChI is InChI=1S/C26H22N4O6/c1-33-18-9-6-16(7-10-18)25-29-24(36-30-25)13-12-23(31)28-20-5-3-2-4-19(20)26(32)27-17-8-11-21-22(14-17)35-15-34-21/h2-11,14H,12-13,15H2,1H3,(H,27,32)(H,28,31). The second-order valence-corrected chi connectivity index (χ2v) is 7.86. The molecule has 1 aliphatic rings. The van der Waals surface area contributed by atoms with Crippen LogP contribution in [0.4, 0.5) is 11.4 Å². The smallest absolute Gasteiger partial charge is 0.257 e. The van der Waals surface area contributed by atoms with Crippen molar-refractivity contribution in [3.05, 3.63) is 78.2 Å². The minimum atomic E-state index is -0.370. The number of carbonyl (C=O) groups excluding carboxylic acids is 2. The van der Waals surface area contributed by atoms with Gasteiger partial charge in [-0.15, -0.1) is 0 Å². The van der Waals surface area contributed by atoms with Crippen molar-refractivity contribution in [2.24, 2.45) is 0 Å². The van der Waals surface area contributed by atoms with Crippen molar-refractivity contribution in [3.63, 3.8) is 0 Å².